The van der Waals surface area contributed by atoms with Gasteiger partial charge in [0, 0.05) is 18.2 Å². The summed E-state index contributed by atoms with van der Waals surface area (Å²) in [5, 5.41) is 13.4. The molecule has 0 unspecified atom stereocenters. The number of aromatic nitrogens is 3. The van der Waals surface area contributed by atoms with Crippen LogP contribution in [0.25, 0.3) is 0 Å². The van der Waals surface area contributed by atoms with Crippen LogP contribution in [0.4, 0.5) is 0 Å². The second kappa shape index (κ2) is 8.12. The Morgan fingerprint density at radius 1 is 1.27 bits per heavy atom. The molecule has 1 saturated heterocycles. The highest BCUT2D eigenvalue weighted by Gasteiger charge is 2.29. The second-order valence-corrected chi connectivity index (χ2v) is 5.01. The van der Waals surface area contributed by atoms with E-state index in [4.69, 9.17) is 0 Å². The highest BCUT2D eigenvalue weighted by Crippen LogP contribution is 2.20. The van der Waals surface area contributed by atoms with Crippen LogP contribution in [0.3, 0.4) is 0 Å². The van der Waals surface area contributed by atoms with Crippen molar-refractivity contribution >= 4 is 30.7 Å². The molecule has 0 aliphatic carbocycles. The molecule has 1 aliphatic rings. The van der Waals surface area contributed by atoms with Crippen molar-refractivity contribution in [2.24, 2.45) is 0 Å². The highest BCUT2D eigenvalue weighted by molar-refractivity contribution is 5.94. The predicted molar refractivity (Wildman–Crippen MR) is 88.7 cm³/mol. The summed E-state index contributed by atoms with van der Waals surface area (Å²) in [7, 11) is 0. The third-order valence-electron chi connectivity index (χ3n) is 3.43. The molecule has 1 aliphatic heterocycles. The van der Waals surface area contributed by atoms with Gasteiger partial charge in [-0.3, -0.25) is 9.89 Å². The van der Waals surface area contributed by atoms with E-state index >= 15 is 0 Å². The molecular weight excluding hydrogens is 325 g/mol. The summed E-state index contributed by atoms with van der Waals surface area (Å²) >= 11 is 0. The summed E-state index contributed by atoms with van der Waals surface area (Å²) in [5.41, 5.74) is 0.685. The Balaban J connectivity index is 0.00000121. The average Bonchev–Trinajstić information content (AvgIpc) is 3.09. The van der Waals surface area contributed by atoms with Gasteiger partial charge in [-0.2, -0.15) is 5.10 Å². The molecule has 0 saturated carbocycles. The van der Waals surface area contributed by atoms with Gasteiger partial charge < -0.3 is 10.6 Å². The number of nitrogens with zero attached hydrogens (tertiary/aromatic N) is 2. The summed E-state index contributed by atoms with van der Waals surface area (Å²) in [6.07, 6.45) is 0.801. The number of hydrogen-bond donors (Lipinski definition) is 3. The molecule has 22 heavy (non-hydrogen) atoms. The average molecular weight is 344 g/mol. The van der Waals surface area contributed by atoms with Gasteiger partial charge in [0.2, 0.25) is 0 Å². The van der Waals surface area contributed by atoms with Gasteiger partial charge in [-0.1, -0.05) is 18.2 Å². The number of halogens is 2. The number of amides is 1. The van der Waals surface area contributed by atoms with Crippen molar-refractivity contribution in [1.29, 1.82) is 0 Å². The van der Waals surface area contributed by atoms with Crippen molar-refractivity contribution in [2.75, 3.05) is 6.54 Å². The molecule has 1 amide bonds. The third-order valence-corrected chi connectivity index (χ3v) is 3.43. The van der Waals surface area contributed by atoms with Crippen LogP contribution >= 0.6 is 24.8 Å². The number of rotatable bonds is 3. The summed E-state index contributed by atoms with van der Waals surface area (Å²) in [6.45, 7) is 2.61. The minimum atomic E-state index is -0.0378. The van der Waals surface area contributed by atoms with Gasteiger partial charge in [-0.15, -0.1) is 24.8 Å². The smallest absolute Gasteiger partial charge is 0.251 e. The lowest BCUT2D eigenvalue weighted by Gasteiger charge is -2.11. The quantitative estimate of drug-likeness (QED) is 0.793. The number of hydrogen-bond acceptors (Lipinski definition) is 4. The van der Waals surface area contributed by atoms with E-state index in [0.717, 1.165) is 24.6 Å². The van der Waals surface area contributed by atoms with Crippen LogP contribution in [-0.4, -0.2) is 33.7 Å². The summed E-state index contributed by atoms with van der Waals surface area (Å²) in [5.74, 6) is 1.53. The molecule has 3 N–H and O–H groups in total. The number of carbonyl (C=O) groups excluding carboxylic acids is 1. The number of benzene rings is 1. The maximum absolute atomic E-state index is 12.1. The van der Waals surface area contributed by atoms with Gasteiger partial charge in [0.25, 0.3) is 5.91 Å². The molecule has 8 heteroatoms. The molecule has 0 spiro atoms. The largest absolute Gasteiger partial charge is 0.348 e. The standard InChI is InChI=1S/C14H17N5O.2ClH/c1-9-16-13(19-18-9)12-7-11(8-15-12)17-14(20)10-5-3-2-4-6-10;;/h2-6,11-12,15H,7-8H2,1H3,(H,17,20)(H,16,18,19);2*1H/t11-,12-;;/m0../s1. The van der Waals surface area contributed by atoms with Crippen LogP contribution < -0.4 is 10.6 Å². The Labute approximate surface area is 141 Å². The molecule has 3 rings (SSSR count). The van der Waals surface area contributed by atoms with Gasteiger partial charge in [-0.05, 0) is 25.5 Å². The number of carbonyl (C=O) groups is 1. The van der Waals surface area contributed by atoms with Gasteiger partial charge in [0.05, 0.1) is 6.04 Å². The zero-order valence-corrected chi connectivity index (χ0v) is 13.7. The fourth-order valence-corrected chi connectivity index (χ4v) is 2.42. The molecule has 2 aromatic rings. The lowest BCUT2D eigenvalue weighted by atomic mass is 10.1. The Hall–Kier alpha value is -1.63. The number of H-pyrrole nitrogens is 1. The molecule has 1 fully saturated rings. The molecule has 2 heterocycles. The third kappa shape index (κ3) is 4.19. The molecule has 1 aromatic heterocycles. The number of nitrogens with one attached hydrogen (secondary N) is 3. The molecular formula is C14H19Cl2N5O. The van der Waals surface area contributed by atoms with E-state index in [-0.39, 0.29) is 42.8 Å². The SMILES string of the molecule is Cc1nc([C@@H]2C[C@H](NC(=O)c3ccccc3)CN2)n[nH]1.Cl.Cl. The van der Waals surface area contributed by atoms with Crippen LogP contribution in [0.15, 0.2) is 30.3 Å². The monoisotopic (exact) mass is 343 g/mol. The van der Waals surface area contributed by atoms with Crippen molar-refractivity contribution in [3.8, 4) is 0 Å². The van der Waals surface area contributed by atoms with E-state index in [2.05, 4.69) is 25.8 Å². The van der Waals surface area contributed by atoms with Crippen LogP contribution in [0.5, 0.6) is 0 Å². The van der Waals surface area contributed by atoms with E-state index in [1.807, 2.05) is 37.3 Å². The minimum absolute atomic E-state index is 0. The van der Waals surface area contributed by atoms with E-state index in [0.29, 0.717) is 5.56 Å². The number of aryl methyl sites for hydroxylation is 1. The van der Waals surface area contributed by atoms with Crippen LogP contribution in [-0.2, 0) is 0 Å². The van der Waals surface area contributed by atoms with E-state index in [1.165, 1.54) is 0 Å². The van der Waals surface area contributed by atoms with Crippen molar-refractivity contribution in [1.82, 2.24) is 25.8 Å². The first-order valence-corrected chi connectivity index (χ1v) is 6.70. The summed E-state index contributed by atoms with van der Waals surface area (Å²) < 4.78 is 0. The Morgan fingerprint density at radius 3 is 2.64 bits per heavy atom. The van der Waals surface area contributed by atoms with E-state index < -0.39 is 0 Å². The van der Waals surface area contributed by atoms with E-state index in [9.17, 15) is 4.79 Å². The first-order valence-electron chi connectivity index (χ1n) is 6.70. The highest BCUT2D eigenvalue weighted by atomic mass is 35.5. The fourth-order valence-electron chi connectivity index (χ4n) is 2.42. The van der Waals surface area contributed by atoms with Crippen molar-refractivity contribution in [3.05, 3.63) is 47.5 Å². The van der Waals surface area contributed by atoms with Gasteiger partial charge in [0.15, 0.2) is 5.82 Å². The Morgan fingerprint density at radius 2 is 2.00 bits per heavy atom. The van der Waals surface area contributed by atoms with Crippen LogP contribution in [0.1, 0.15) is 34.5 Å². The molecule has 120 valence electrons. The maximum atomic E-state index is 12.1. The normalized spacial score (nSPS) is 19.9. The van der Waals surface area contributed by atoms with Gasteiger partial charge in [-0.25, -0.2) is 4.98 Å². The van der Waals surface area contributed by atoms with E-state index in [1.54, 1.807) is 0 Å². The maximum Gasteiger partial charge on any atom is 0.251 e. The van der Waals surface area contributed by atoms with Gasteiger partial charge >= 0.3 is 0 Å². The van der Waals surface area contributed by atoms with Crippen molar-refractivity contribution in [2.45, 2.75) is 25.4 Å². The lowest BCUT2D eigenvalue weighted by molar-refractivity contribution is 0.0939. The topological polar surface area (TPSA) is 82.7 Å². The summed E-state index contributed by atoms with van der Waals surface area (Å²) in [4.78, 5) is 16.4. The Bertz CT molecular complexity index is 604. The molecule has 6 nitrogen and oxygen atoms in total. The molecule has 0 radical (unpaired) electrons. The Kier molecular flexibility index (Phi) is 6.80. The van der Waals surface area contributed by atoms with Gasteiger partial charge in [0.1, 0.15) is 5.82 Å². The summed E-state index contributed by atoms with van der Waals surface area (Å²) in [6, 6.07) is 9.45. The lowest BCUT2D eigenvalue weighted by Crippen LogP contribution is -2.36. The molecule has 0 bridgehead atoms. The minimum Gasteiger partial charge on any atom is -0.348 e. The van der Waals surface area contributed by atoms with Crippen LogP contribution in [0.2, 0.25) is 0 Å². The predicted octanol–water partition coefficient (Wildman–Crippen LogP) is 1.79. The molecule has 1 aromatic carbocycles. The van der Waals surface area contributed by atoms with Crippen molar-refractivity contribution in [3.63, 3.8) is 0 Å². The van der Waals surface area contributed by atoms with Crippen molar-refractivity contribution < 1.29 is 4.79 Å². The zero-order valence-electron chi connectivity index (χ0n) is 12.1. The first-order chi connectivity index (χ1) is 9.72. The zero-order chi connectivity index (χ0) is 13.9. The number of aromatic amines is 1. The van der Waals surface area contributed by atoms with Crippen LogP contribution in [0, 0.1) is 6.92 Å². The second-order valence-electron chi connectivity index (χ2n) is 5.01. The first kappa shape index (κ1) is 18.4. The fraction of sp³-hybridized carbons (Fsp3) is 0.357. The molecule has 2 atom stereocenters.